The molecule has 1 aromatic heterocycles. The highest BCUT2D eigenvalue weighted by molar-refractivity contribution is 5.84. The Morgan fingerprint density at radius 1 is 1.42 bits per heavy atom. The van der Waals surface area contributed by atoms with E-state index in [4.69, 9.17) is 9.52 Å². The Bertz CT molecular complexity index is 440. The van der Waals surface area contributed by atoms with Crippen molar-refractivity contribution in [3.63, 3.8) is 0 Å². The molecular formula is C15H23NO3. The number of carboxylic acids is 1. The van der Waals surface area contributed by atoms with Gasteiger partial charge >= 0.3 is 5.97 Å². The van der Waals surface area contributed by atoms with Crippen LogP contribution >= 0.6 is 0 Å². The van der Waals surface area contributed by atoms with E-state index < -0.39 is 5.97 Å². The number of furan rings is 1. The number of hydrogen-bond donors (Lipinski definition) is 2. The van der Waals surface area contributed by atoms with Crippen LogP contribution in [-0.4, -0.2) is 17.1 Å². The second-order valence-electron chi connectivity index (χ2n) is 5.90. The SMILES string of the molecule is CC1CCC(NC(C)c2ccc(C(=O)O)o2)C(C)C1. The fourth-order valence-electron chi connectivity index (χ4n) is 3.02. The first-order valence-corrected chi connectivity index (χ1v) is 7.06. The van der Waals surface area contributed by atoms with Crippen LogP contribution < -0.4 is 5.32 Å². The largest absolute Gasteiger partial charge is 0.475 e. The molecule has 4 atom stereocenters. The first kappa shape index (κ1) is 14.1. The molecule has 19 heavy (non-hydrogen) atoms. The molecule has 0 amide bonds. The number of rotatable bonds is 4. The van der Waals surface area contributed by atoms with E-state index in [0.717, 1.165) is 5.92 Å². The third-order valence-electron chi connectivity index (χ3n) is 4.16. The first-order chi connectivity index (χ1) is 8.97. The predicted molar refractivity (Wildman–Crippen MR) is 73.2 cm³/mol. The molecule has 0 spiro atoms. The molecule has 0 saturated heterocycles. The Labute approximate surface area is 114 Å². The lowest BCUT2D eigenvalue weighted by Crippen LogP contribution is -2.40. The lowest BCUT2D eigenvalue weighted by Gasteiger charge is -2.34. The fraction of sp³-hybridized carbons (Fsp3) is 0.667. The summed E-state index contributed by atoms with van der Waals surface area (Å²) in [5.41, 5.74) is 0. The van der Waals surface area contributed by atoms with Gasteiger partial charge in [0.2, 0.25) is 5.76 Å². The van der Waals surface area contributed by atoms with Crippen molar-refractivity contribution in [2.75, 3.05) is 0 Å². The molecule has 0 radical (unpaired) electrons. The van der Waals surface area contributed by atoms with E-state index in [9.17, 15) is 4.79 Å². The monoisotopic (exact) mass is 265 g/mol. The molecule has 106 valence electrons. The number of aromatic carboxylic acids is 1. The van der Waals surface area contributed by atoms with E-state index in [-0.39, 0.29) is 11.8 Å². The van der Waals surface area contributed by atoms with Gasteiger partial charge in [0.1, 0.15) is 5.76 Å². The Kier molecular flexibility index (Phi) is 4.30. The smallest absolute Gasteiger partial charge is 0.371 e. The Balaban J connectivity index is 1.96. The second-order valence-corrected chi connectivity index (χ2v) is 5.90. The van der Waals surface area contributed by atoms with Crippen molar-refractivity contribution in [2.24, 2.45) is 11.8 Å². The highest BCUT2D eigenvalue weighted by atomic mass is 16.4. The van der Waals surface area contributed by atoms with Crippen LogP contribution in [0.4, 0.5) is 0 Å². The molecule has 0 aromatic carbocycles. The molecule has 2 rings (SSSR count). The summed E-state index contributed by atoms with van der Waals surface area (Å²) in [6.07, 6.45) is 3.69. The van der Waals surface area contributed by atoms with Crippen molar-refractivity contribution in [3.05, 3.63) is 23.7 Å². The quantitative estimate of drug-likeness (QED) is 0.875. The summed E-state index contributed by atoms with van der Waals surface area (Å²) in [5.74, 6) is 1.15. The molecule has 0 bridgehead atoms. The van der Waals surface area contributed by atoms with Gasteiger partial charge in [-0.15, -0.1) is 0 Å². The normalized spacial score (nSPS) is 29.1. The molecule has 2 N–H and O–H groups in total. The minimum absolute atomic E-state index is 0.00830. The molecule has 1 aromatic rings. The van der Waals surface area contributed by atoms with E-state index in [1.165, 1.54) is 25.3 Å². The first-order valence-electron chi connectivity index (χ1n) is 7.06. The maximum Gasteiger partial charge on any atom is 0.371 e. The van der Waals surface area contributed by atoms with E-state index >= 15 is 0 Å². The zero-order valence-corrected chi connectivity index (χ0v) is 11.8. The zero-order chi connectivity index (χ0) is 14.0. The van der Waals surface area contributed by atoms with E-state index in [1.807, 2.05) is 6.92 Å². The molecule has 1 saturated carbocycles. The summed E-state index contributed by atoms with van der Waals surface area (Å²) in [6.45, 7) is 6.61. The molecule has 1 aliphatic rings. The van der Waals surface area contributed by atoms with Gasteiger partial charge in [0.15, 0.2) is 0 Å². The van der Waals surface area contributed by atoms with Crippen LogP contribution in [0.15, 0.2) is 16.5 Å². The van der Waals surface area contributed by atoms with Gasteiger partial charge in [0, 0.05) is 6.04 Å². The minimum atomic E-state index is -1.02. The van der Waals surface area contributed by atoms with E-state index in [0.29, 0.717) is 17.7 Å². The summed E-state index contributed by atoms with van der Waals surface area (Å²) in [7, 11) is 0. The fourth-order valence-corrected chi connectivity index (χ4v) is 3.02. The Hall–Kier alpha value is -1.29. The third-order valence-corrected chi connectivity index (χ3v) is 4.16. The maximum absolute atomic E-state index is 10.8. The van der Waals surface area contributed by atoms with Gasteiger partial charge in [-0.1, -0.05) is 13.8 Å². The van der Waals surface area contributed by atoms with Crippen molar-refractivity contribution in [1.29, 1.82) is 0 Å². The average Bonchev–Trinajstić information content (AvgIpc) is 2.82. The van der Waals surface area contributed by atoms with Crippen molar-refractivity contribution in [1.82, 2.24) is 5.32 Å². The van der Waals surface area contributed by atoms with Gasteiger partial charge in [0.25, 0.3) is 0 Å². The van der Waals surface area contributed by atoms with Gasteiger partial charge in [0.05, 0.1) is 6.04 Å². The van der Waals surface area contributed by atoms with Crippen LogP contribution in [0.25, 0.3) is 0 Å². The Morgan fingerprint density at radius 2 is 2.16 bits per heavy atom. The summed E-state index contributed by atoms with van der Waals surface area (Å²) >= 11 is 0. The average molecular weight is 265 g/mol. The van der Waals surface area contributed by atoms with Crippen molar-refractivity contribution < 1.29 is 14.3 Å². The number of nitrogens with one attached hydrogen (secondary N) is 1. The topological polar surface area (TPSA) is 62.5 Å². The Morgan fingerprint density at radius 3 is 2.74 bits per heavy atom. The molecule has 4 unspecified atom stereocenters. The number of hydrogen-bond acceptors (Lipinski definition) is 3. The van der Waals surface area contributed by atoms with Gasteiger partial charge in [-0.05, 0) is 50.2 Å². The van der Waals surface area contributed by atoms with Crippen LogP contribution in [0.3, 0.4) is 0 Å². The molecular weight excluding hydrogens is 242 g/mol. The summed E-state index contributed by atoms with van der Waals surface area (Å²) < 4.78 is 5.34. The van der Waals surface area contributed by atoms with Gasteiger partial charge in [-0.2, -0.15) is 0 Å². The van der Waals surface area contributed by atoms with Gasteiger partial charge in [-0.25, -0.2) is 4.79 Å². The molecule has 1 aliphatic carbocycles. The van der Waals surface area contributed by atoms with E-state index in [1.54, 1.807) is 6.07 Å². The molecule has 1 heterocycles. The zero-order valence-electron chi connectivity index (χ0n) is 11.8. The molecule has 4 nitrogen and oxygen atoms in total. The number of carbonyl (C=O) groups is 1. The standard InChI is InChI=1S/C15H23NO3/c1-9-4-5-12(10(2)8-9)16-11(3)13-6-7-14(19-13)15(17)18/h6-7,9-12,16H,4-5,8H2,1-3H3,(H,17,18). The highest BCUT2D eigenvalue weighted by Gasteiger charge is 2.27. The predicted octanol–water partition coefficient (Wildman–Crippen LogP) is 3.45. The third kappa shape index (κ3) is 3.38. The summed E-state index contributed by atoms with van der Waals surface area (Å²) in [6, 6.07) is 3.80. The summed E-state index contributed by atoms with van der Waals surface area (Å²) in [5, 5.41) is 12.4. The lowest BCUT2D eigenvalue weighted by molar-refractivity contribution is 0.0659. The summed E-state index contributed by atoms with van der Waals surface area (Å²) in [4.78, 5) is 10.8. The van der Waals surface area contributed by atoms with Crippen molar-refractivity contribution >= 4 is 5.97 Å². The van der Waals surface area contributed by atoms with Crippen LogP contribution in [0.5, 0.6) is 0 Å². The van der Waals surface area contributed by atoms with Crippen molar-refractivity contribution in [2.45, 2.75) is 52.1 Å². The lowest BCUT2D eigenvalue weighted by atomic mass is 9.79. The van der Waals surface area contributed by atoms with Crippen LogP contribution in [0.1, 0.15) is 62.4 Å². The highest BCUT2D eigenvalue weighted by Crippen LogP contribution is 2.30. The van der Waals surface area contributed by atoms with Crippen LogP contribution in [0.2, 0.25) is 0 Å². The molecule has 1 fully saturated rings. The number of carboxylic acid groups (broad SMARTS) is 1. The van der Waals surface area contributed by atoms with Crippen LogP contribution in [0, 0.1) is 11.8 Å². The second kappa shape index (κ2) is 5.78. The minimum Gasteiger partial charge on any atom is -0.475 e. The van der Waals surface area contributed by atoms with Crippen LogP contribution in [-0.2, 0) is 0 Å². The van der Waals surface area contributed by atoms with Gasteiger partial charge < -0.3 is 14.8 Å². The molecule has 0 aliphatic heterocycles. The van der Waals surface area contributed by atoms with Crippen molar-refractivity contribution in [3.8, 4) is 0 Å². The van der Waals surface area contributed by atoms with Gasteiger partial charge in [-0.3, -0.25) is 0 Å². The van der Waals surface area contributed by atoms with E-state index in [2.05, 4.69) is 19.2 Å². The maximum atomic E-state index is 10.8. The molecule has 4 heteroatoms.